The molecule has 0 fully saturated rings. The number of likely N-dealkylation sites (N-methyl/N-ethyl adjacent to an activating group) is 1. The molecular formula is C56H101NO7P+. The second kappa shape index (κ2) is 48.1. The molecule has 0 rings (SSSR count). The lowest BCUT2D eigenvalue weighted by molar-refractivity contribution is -0.870. The van der Waals surface area contributed by atoms with Crippen LogP contribution in [0.25, 0.3) is 0 Å². The SMILES string of the molecule is CC/C=C\C/C=C\C/C=C\C/C=C\C/C=C\C/C=C\CCCCCOCC(COP(=O)(O)OCC[N+](C)(C)C)OC(=O)CCCCCCCCCCC/C=C\CCCCCCCCCC. The summed E-state index contributed by atoms with van der Waals surface area (Å²) in [6.45, 7) is 5.42. The van der Waals surface area contributed by atoms with Crippen molar-refractivity contribution in [2.75, 3.05) is 54.1 Å². The lowest BCUT2D eigenvalue weighted by atomic mass is 10.1. The van der Waals surface area contributed by atoms with Gasteiger partial charge in [0, 0.05) is 13.0 Å². The summed E-state index contributed by atoms with van der Waals surface area (Å²) in [7, 11) is 1.63. The van der Waals surface area contributed by atoms with Crippen LogP contribution in [0, 0.1) is 0 Å². The van der Waals surface area contributed by atoms with Gasteiger partial charge in [0.15, 0.2) is 0 Å². The molecule has 8 nitrogen and oxygen atoms in total. The van der Waals surface area contributed by atoms with Crippen molar-refractivity contribution in [2.45, 2.75) is 213 Å². The minimum absolute atomic E-state index is 0.0773. The van der Waals surface area contributed by atoms with Crippen molar-refractivity contribution in [3.63, 3.8) is 0 Å². The Morgan fingerprint density at radius 1 is 0.492 bits per heavy atom. The zero-order valence-electron chi connectivity index (χ0n) is 42.7. The highest BCUT2D eigenvalue weighted by Gasteiger charge is 2.26. The first-order chi connectivity index (χ1) is 31.6. The van der Waals surface area contributed by atoms with Crippen LogP contribution in [0.4, 0.5) is 0 Å². The number of hydrogen-bond donors (Lipinski definition) is 1. The van der Waals surface area contributed by atoms with Gasteiger partial charge in [0.2, 0.25) is 0 Å². The molecule has 376 valence electrons. The topological polar surface area (TPSA) is 91.3 Å². The molecule has 2 atom stereocenters. The van der Waals surface area contributed by atoms with Crippen LogP contribution >= 0.6 is 7.82 Å². The standard InChI is InChI=1S/C56H100NO7P/c1-6-8-10-12-14-16-18-20-22-24-26-28-30-32-34-36-38-40-42-44-46-48-51-61-53-55(54-63-65(59,60)62-52-50-57(3,4)5)64-56(58)49-47-45-43-41-39-37-35-33-31-29-27-25-23-21-19-17-15-13-11-9-7-2/h8,10,14,16,20,22,25-28,32,34,38,40,55H,6-7,9,11-13,15,17-19,21,23-24,29-31,33,35-37,39,41-54H2,1-5H3/p+1/b10-8-,16-14-,22-20-,27-25-,28-26-,34-32-,40-38-. The van der Waals surface area contributed by atoms with Crippen LogP contribution < -0.4 is 0 Å². The van der Waals surface area contributed by atoms with Gasteiger partial charge in [-0.1, -0.05) is 195 Å². The fraction of sp³-hybridized carbons (Fsp3) is 0.732. The molecule has 0 aliphatic carbocycles. The lowest BCUT2D eigenvalue weighted by Crippen LogP contribution is -2.37. The molecule has 0 aliphatic rings. The summed E-state index contributed by atoms with van der Waals surface area (Å²) in [5.41, 5.74) is 0. The molecule has 0 aromatic carbocycles. The maximum atomic E-state index is 12.8. The van der Waals surface area contributed by atoms with Gasteiger partial charge in [0.25, 0.3) is 0 Å². The molecular weight excluding hydrogens is 830 g/mol. The molecule has 0 saturated heterocycles. The summed E-state index contributed by atoms with van der Waals surface area (Å²) in [6, 6.07) is 0. The molecule has 0 heterocycles. The van der Waals surface area contributed by atoms with Crippen LogP contribution in [0.1, 0.15) is 206 Å². The van der Waals surface area contributed by atoms with E-state index in [1.807, 2.05) is 21.1 Å². The highest BCUT2D eigenvalue weighted by Crippen LogP contribution is 2.43. The molecule has 9 heteroatoms. The van der Waals surface area contributed by atoms with E-state index in [0.29, 0.717) is 24.1 Å². The number of phosphoric ester groups is 1. The van der Waals surface area contributed by atoms with Gasteiger partial charge in [0.1, 0.15) is 19.3 Å². The van der Waals surface area contributed by atoms with Crippen LogP contribution in [0.15, 0.2) is 85.1 Å². The number of phosphoric acid groups is 1. The van der Waals surface area contributed by atoms with Crippen molar-refractivity contribution in [2.24, 2.45) is 0 Å². The number of carbonyl (C=O) groups is 1. The summed E-state index contributed by atoms with van der Waals surface area (Å²) in [6.07, 6.45) is 64.9. The molecule has 0 aromatic rings. The fourth-order valence-electron chi connectivity index (χ4n) is 6.90. The Bertz CT molecular complexity index is 1310. The van der Waals surface area contributed by atoms with Crippen molar-refractivity contribution < 1.29 is 37.3 Å². The van der Waals surface area contributed by atoms with E-state index in [4.69, 9.17) is 18.5 Å². The number of unbranched alkanes of at least 4 members (excludes halogenated alkanes) is 20. The summed E-state index contributed by atoms with van der Waals surface area (Å²) in [5, 5.41) is 0. The lowest BCUT2D eigenvalue weighted by Gasteiger charge is -2.24. The first-order valence-corrected chi connectivity index (χ1v) is 27.8. The van der Waals surface area contributed by atoms with Gasteiger partial charge in [-0.15, -0.1) is 0 Å². The number of nitrogens with zero attached hydrogens (tertiary/aromatic N) is 1. The number of ether oxygens (including phenoxy) is 2. The molecule has 0 radical (unpaired) electrons. The van der Waals surface area contributed by atoms with Gasteiger partial charge in [-0.2, -0.15) is 0 Å². The Morgan fingerprint density at radius 3 is 1.35 bits per heavy atom. The van der Waals surface area contributed by atoms with Crippen LogP contribution in [0.3, 0.4) is 0 Å². The van der Waals surface area contributed by atoms with Crippen molar-refractivity contribution in [3.05, 3.63) is 85.1 Å². The van der Waals surface area contributed by atoms with Crippen molar-refractivity contribution in [3.8, 4) is 0 Å². The number of carbonyl (C=O) groups excluding carboxylic acids is 1. The van der Waals surface area contributed by atoms with E-state index in [1.165, 1.54) is 103 Å². The Morgan fingerprint density at radius 2 is 0.892 bits per heavy atom. The molecule has 65 heavy (non-hydrogen) atoms. The van der Waals surface area contributed by atoms with E-state index in [9.17, 15) is 14.3 Å². The minimum atomic E-state index is -4.30. The van der Waals surface area contributed by atoms with Gasteiger partial charge in [0.05, 0.1) is 34.4 Å². The van der Waals surface area contributed by atoms with E-state index in [2.05, 4.69) is 98.9 Å². The van der Waals surface area contributed by atoms with E-state index >= 15 is 0 Å². The fourth-order valence-corrected chi connectivity index (χ4v) is 7.65. The number of rotatable bonds is 48. The second-order valence-electron chi connectivity index (χ2n) is 18.5. The van der Waals surface area contributed by atoms with Gasteiger partial charge >= 0.3 is 13.8 Å². The van der Waals surface area contributed by atoms with E-state index < -0.39 is 13.9 Å². The van der Waals surface area contributed by atoms with Crippen molar-refractivity contribution in [1.82, 2.24) is 0 Å². The summed E-state index contributed by atoms with van der Waals surface area (Å²) in [5.74, 6) is -0.329. The van der Waals surface area contributed by atoms with Crippen LogP contribution in [0.2, 0.25) is 0 Å². The molecule has 0 aromatic heterocycles. The Hall–Kier alpha value is -2.32. The van der Waals surface area contributed by atoms with Gasteiger partial charge < -0.3 is 18.9 Å². The summed E-state index contributed by atoms with van der Waals surface area (Å²) >= 11 is 0. The molecule has 0 amide bonds. The quantitative estimate of drug-likeness (QED) is 0.0214. The number of esters is 1. The third-order valence-electron chi connectivity index (χ3n) is 10.9. The minimum Gasteiger partial charge on any atom is -0.457 e. The zero-order valence-corrected chi connectivity index (χ0v) is 43.6. The largest absolute Gasteiger partial charge is 0.472 e. The third-order valence-corrected chi connectivity index (χ3v) is 11.9. The monoisotopic (exact) mass is 931 g/mol. The Kier molecular flexibility index (Phi) is 46.4. The summed E-state index contributed by atoms with van der Waals surface area (Å²) < 4.78 is 35.1. The van der Waals surface area contributed by atoms with Crippen molar-refractivity contribution >= 4 is 13.8 Å². The molecule has 0 bridgehead atoms. The summed E-state index contributed by atoms with van der Waals surface area (Å²) in [4.78, 5) is 23.0. The van der Waals surface area contributed by atoms with Crippen LogP contribution in [0.5, 0.6) is 0 Å². The second-order valence-corrected chi connectivity index (χ2v) is 20.0. The predicted molar refractivity (Wildman–Crippen MR) is 279 cm³/mol. The smallest absolute Gasteiger partial charge is 0.457 e. The van der Waals surface area contributed by atoms with Crippen molar-refractivity contribution in [1.29, 1.82) is 0 Å². The molecule has 0 spiro atoms. The zero-order chi connectivity index (χ0) is 47.6. The molecule has 0 aliphatic heterocycles. The maximum Gasteiger partial charge on any atom is 0.472 e. The molecule has 0 saturated carbocycles. The number of quaternary nitrogens is 1. The van der Waals surface area contributed by atoms with Gasteiger partial charge in [-0.25, -0.2) is 4.57 Å². The van der Waals surface area contributed by atoms with Crippen LogP contribution in [-0.4, -0.2) is 75.6 Å². The molecule has 2 unspecified atom stereocenters. The Labute approximate surface area is 401 Å². The predicted octanol–water partition coefficient (Wildman–Crippen LogP) is 16.4. The highest BCUT2D eigenvalue weighted by molar-refractivity contribution is 7.47. The average molecular weight is 931 g/mol. The molecule has 1 N–H and O–H groups in total. The van der Waals surface area contributed by atoms with Crippen LogP contribution in [-0.2, 0) is 27.9 Å². The maximum absolute atomic E-state index is 12.8. The average Bonchev–Trinajstić information content (AvgIpc) is 3.27. The van der Waals surface area contributed by atoms with E-state index in [0.717, 1.165) is 83.5 Å². The normalized spacial score (nSPS) is 14.2. The first-order valence-electron chi connectivity index (χ1n) is 26.3. The van der Waals surface area contributed by atoms with E-state index in [-0.39, 0.29) is 25.8 Å². The number of allylic oxidation sites excluding steroid dienone is 14. The van der Waals surface area contributed by atoms with Gasteiger partial charge in [-0.3, -0.25) is 13.8 Å². The highest BCUT2D eigenvalue weighted by atomic mass is 31.2. The number of hydrogen-bond acceptors (Lipinski definition) is 6. The van der Waals surface area contributed by atoms with E-state index in [1.54, 1.807) is 0 Å². The first kappa shape index (κ1) is 62.7. The van der Waals surface area contributed by atoms with Gasteiger partial charge in [-0.05, 0) is 89.9 Å². The third kappa shape index (κ3) is 52.5. The Balaban J connectivity index is 4.23.